The largest absolute Gasteiger partial charge is 0.454 e. The van der Waals surface area contributed by atoms with Gasteiger partial charge in [-0.25, -0.2) is 9.07 Å². The van der Waals surface area contributed by atoms with Crippen LogP contribution in [0, 0.1) is 5.82 Å². The molecule has 0 radical (unpaired) electrons. The Kier molecular flexibility index (Phi) is 4.42. The van der Waals surface area contributed by atoms with Crippen LogP contribution in [0.3, 0.4) is 0 Å². The van der Waals surface area contributed by atoms with E-state index in [1.165, 1.54) is 6.07 Å². The molecule has 7 heteroatoms. The van der Waals surface area contributed by atoms with E-state index in [1.54, 1.807) is 29.1 Å². The van der Waals surface area contributed by atoms with Crippen LogP contribution >= 0.6 is 0 Å². The lowest BCUT2D eigenvalue weighted by Crippen LogP contribution is -2.32. The van der Waals surface area contributed by atoms with E-state index in [0.29, 0.717) is 17.2 Å². The van der Waals surface area contributed by atoms with E-state index in [2.05, 4.69) is 10.4 Å². The van der Waals surface area contributed by atoms with Gasteiger partial charge >= 0.3 is 0 Å². The predicted octanol–water partition coefficient (Wildman–Crippen LogP) is 3.48. The molecule has 1 aliphatic carbocycles. The summed E-state index contributed by atoms with van der Waals surface area (Å²) >= 11 is 0. The van der Waals surface area contributed by atoms with Gasteiger partial charge in [-0.3, -0.25) is 4.79 Å². The number of halogens is 1. The number of carbonyl (C=O) groups excluding carboxylic acids is 1. The molecule has 0 saturated carbocycles. The third-order valence-electron chi connectivity index (χ3n) is 5.40. The van der Waals surface area contributed by atoms with Crippen LogP contribution in [-0.4, -0.2) is 22.5 Å². The summed E-state index contributed by atoms with van der Waals surface area (Å²) in [6, 6.07) is 12.0. The number of ether oxygens (including phenoxy) is 2. The Bertz CT molecular complexity index is 1080. The van der Waals surface area contributed by atoms with Crippen LogP contribution in [0.15, 0.2) is 48.7 Å². The number of carbonyl (C=O) groups is 1. The second-order valence-corrected chi connectivity index (χ2v) is 7.29. The van der Waals surface area contributed by atoms with Crippen molar-refractivity contribution in [3.8, 4) is 17.2 Å². The minimum atomic E-state index is -0.313. The van der Waals surface area contributed by atoms with Crippen molar-refractivity contribution in [2.75, 3.05) is 6.79 Å². The topological polar surface area (TPSA) is 65.4 Å². The minimum absolute atomic E-state index is 0.0691. The molecule has 1 atom stereocenters. The van der Waals surface area contributed by atoms with Gasteiger partial charge in [0.2, 0.25) is 12.7 Å². The first-order valence-corrected chi connectivity index (χ1v) is 9.68. The van der Waals surface area contributed by atoms with Gasteiger partial charge in [0.25, 0.3) is 0 Å². The van der Waals surface area contributed by atoms with E-state index < -0.39 is 0 Å². The maximum Gasteiger partial charge on any atom is 0.231 e. The summed E-state index contributed by atoms with van der Waals surface area (Å²) in [5, 5.41) is 7.52. The van der Waals surface area contributed by atoms with E-state index in [1.807, 2.05) is 18.2 Å². The zero-order valence-corrected chi connectivity index (χ0v) is 15.7. The van der Waals surface area contributed by atoms with Crippen molar-refractivity contribution in [1.29, 1.82) is 0 Å². The number of rotatable bonds is 4. The second-order valence-electron chi connectivity index (χ2n) is 7.29. The van der Waals surface area contributed by atoms with Gasteiger partial charge in [-0.05, 0) is 49.1 Å². The second kappa shape index (κ2) is 7.24. The first-order chi connectivity index (χ1) is 14.2. The van der Waals surface area contributed by atoms with Gasteiger partial charge in [0, 0.05) is 11.3 Å². The lowest BCUT2D eigenvalue weighted by molar-refractivity contribution is -0.121. The monoisotopic (exact) mass is 393 g/mol. The smallest absolute Gasteiger partial charge is 0.231 e. The van der Waals surface area contributed by atoms with Crippen molar-refractivity contribution in [3.63, 3.8) is 0 Å². The molecule has 29 heavy (non-hydrogen) atoms. The average molecular weight is 393 g/mol. The van der Waals surface area contributed by atoms with Crippen molar-refractivity contribution in [2.45, 2.75) is 31.7 Å². The van der Waals surface area contributed by atoms with Crippen LogP contribution < -0.4 is 14.8 Å². The van der Waals surface area contributed by atoms with Crippen molar-refractivity contribution >= 4 is 5.91 Å². The molecule has 3 aromatic rings. The summed E-state index contributed by atoms with van der Waals surface area (Å²) in [6.45, 7) is 0.210. The Balaban J connectivity index is 1.33. The molecule has 0 fully saturated rings. The Labute approximate surface area is 167 Å². The summed E-state index contributed by atoms with van der Waals surface area (Å²) in [5.74, 6) is 0.987. The molecule has 1 aliphatic heterocycles. The molecule has 1 aromatic heterocycles. The quantitative estimate of drug-likeness (QED) is 0.737. The van der Waals surface area contributed by atoms with Crippen molar-refractivity contribution in [3.05, 3.63) is 71.3 Å². The highest BCUT2D eigenvalue weighted by molar-refractivity contribution is 5.79. The number of para-hydroxylation sites is 1. The van der Waals surface area contributed by atoms with Gasteiger partial charge in [-0.2, -0.15) is 5.10 Å². The van der Waals surface area contributed by atoms with Gasteiger partial charge in [0.15, 0.2) is 11.5 Å². The van der Waals surface area contributed by atoms with Crippen LogP contribution in [0.5, 0.6) is 11.5 Å². The highest BCUT2D eigenvalue weighted by atomic mass is 19.1. The number of hydrogen-bond donors (Lipinski definition) is 1. The summed E-state index contributed by atoms with van der Waals surface area (Å²) in [5.41, 5.74) is 3.21. The van der Waals surface area contributed by atoms with E-state index in [-0.39, 0.29) is 31.0 Å². The molecule has 2 aromatic carbocycles. The molecule has 5 rings (SSSR count). The number of fused-ring (bicyclic) bond motifs is 2. The van der Waals surface area contributed by atoms with Gasteiger partial charge in [0.1, 0.15) is 11.5 Å². The highest BCUT2D eigenvalue weighted by Crippen LogP contribution is 2.33. The summed E-state index contributed by atoms with van der Waals surface area (Å²) < 4.78 is 26.6. The fraction of sp³-hybridized carbons (Fsp3) is 0.273. The lowest BCUT2D eigenvalue weighted by Gasteiger charge is -2.24. The predicted molar refractivity (Wildman–Crippen MR) is 104 cm³/mol. The molecule has 0 saturated heterocycles. The van der Waals surface area contributed by atoms with Crippen LogP contribution in [0.4, 0.5) is 4.39 Å². The van der Waals surface area contributed by atoms with Crippen LogP contribution in [-0.2, 0) is 17.6 Å². The van der Waals surface area contributed by atoms with Crippen LogP contribution in [0.1, 0.15) is 35.7 Å². The van der Waals surface area contributed by atoms with E-state index in [0.717, 1.165) is 36.1 Å². The van der Waals surface area contributed by atoms with Gasteiger partial charge in [0.05, 0.1) is 18.7 Å². The molecule has 1 unspecified atom stereocenters. The molecule has 1 N–H and O–H groups in total. The Morgan fingerprint density at radius 2 is 2.07 bits per heavy atom. The average Bonchev–Trinajstić information content (AvgIpc) is 3.35. The fourth-order valence-electron chi connectivity index (χ4n) is 4.02. The van der Waals surface area contributed by atoms with Crippen molar-refractivity contribution in [1.82, 2.24) is 15.1 Å². The number of nitrogens with zero attached hydrogens (tertiary/aromatic N) is 2. The number of aromatic nitrogens is 2. The van der Waals surface area contributed by atoms with E-state index in [4.69, 9.17) is 9.47 Å². The van der Waals surface area contributed by atoms with Gasteiger partial charge in [-0.1, -0.05) is 18.2 Å². The van der Waals surface area contributed by atoms with Gasteiger partial charge < -0.3 is 14.8 Å². The number of nitrogens with one attached hydrogen (secondary N) is 1. The molecule has 0 bridgehead atoms. The van der Waals surface area contributed by atoms with Crippen molar-refractivity contribution in [2.24, 2.45) is 0 Å². The number of hydrogen-bond acceptors (Lipinski definition) is 4. The maximum absolute atomic E-state index is 14.2. The first kappa shape index (κ1) is 17.7. The first-order valence-electron chi connectivity index (χ1n) is 9.68. The number of amides is 1. The van der Waals surface area contributed by atoms with E-state index >= 15 is 0 Å². The third-order valence-corrected chi connectivity index (χ3v) is 5.40. The zero-order chi connectivity index (χ0) is 19.8. The summed E-state index contributed by atoms with van der Waals surface area (Å²) in [6.07, 6.45) is 4.54. The molecular formula is C22H20FN3O3. The normalized spacial score (nSPS) is 17.1. The molecule has 6 nitrogen and oxygen atoms in total. The van der Waals surface area contributed by atoms with E-state index in [9.17, 15) is 9.18 Å². The van der Waals surface area contributed by atoms with Gasteiger partial charge in [-0.15, -0.1) is 0 Å². The molecular weight excluding hydrogens is 373 g/mol. The fourth-order valence-corrected chi connectivity index (χ4v) is 4.02. The Morgan fingerprint density at radius 1 is 1.21 bits per heavy atom. The standard InChI is InChI=1S/C22H20FN3O3/c23-16-4-1-2-6-19(16)26-18-7-3-5-17(15(18)12-24-26)25-22(27)11-14-8-9-20-21(10-14)29-13-28-20/h1-2,4,6,8-10,12,17H,3,5,7,11,13H2,(H,25,27). The highest BCUT2D eigenvalue weighted by Gasteiger charge is 2.27. The maximum atomic E-state index is 14.2. The number of benzene rings is 2. The summed E-state index contributed by atoms with van der Waals surface area (Å²) in [7, 11) is 0. The summed E-state index contributed by atoms with van der Waals surface area (Å²) in [4.78, 5) is 12.7. The Morgan fingerprint density at radius 3 is 2.97 bits per heavy atom. The molecule has 2 aliphatic rings. The minimum Gasteiger partial charge on any atom is -0.454 e. The van der Waals surface area contributed by atoms with Crippen LogP contribution in [0.25, 0.3) is 5.69 Å². The lowest BCUT2D eigenvalue weighted by atomic mass is 9.92. The zero-order valence-electron chi connectivity index (χ0n) is 15.7. The van der Waals surface area contributed by atoms with Crippen LogP contribution in [0.2, 0.25) is 0 Å². The SMILES string of the molecule is O=C(Cc1ccc2c(c1)OCO2)NC1CCCc2c1cnn2-c1ccccc1F. The molecule has 1 amide bonds. The Hall–Kier alpha value is -3.35. The third kappa shape index (κ3) is 3.33. The van der Waals surface area contributed by atoms with Crippen molar-refractivity contribution < 1.29 is 18.7 Å². The molecule has 2 heterocycles. The molecule has 0 spiro atoms. The molecule has 148 valence electrons.